The SMILES string of the molecule is CC.CC.CC.CC.CC.CC.CC.CC.CC.CC.Cc1ccc(C)nc1.Cc1cccc(C)n1.Cc1ccnc(C)c1.Cc1ccnc(C)n1.Cc1cnc(C)cn1.Cc1cnc(C)cn1.Cc1cnc(C)nc1.Cc1cnc(C)nc1.Cc1cncc(C)c1.Cc1cnn(C)c1. The van der Waals surface area contributed by atoms with Gasteiger partial charge >= 0.3 is 0 Å². The molecule has 16 nitrogen and oxygen atoms in total. The summed E-state index contributed by atoms with van der Waals surface area (Å²) >= 11 is 0. The number of hydrogen-bond donors (Lipinski definition) is 0. The van der Waals surface area contributed by atoms with Gasteiger partial charge < -0.3 is 0 Å². The van der Waals surface area contributed by atoms with Gasteiger partial charge in [0.15, 0.2) is 0 Å². The van der Waals surface area contributed by atoms with Crippen molar-refractivity contribution in [3.8, 4) is 0 Å². The average Bonchev–Trinajstić information content (AvgIpc) is 4.00. The fourth-order valence-corrected chi connectivity index (χ4v) is 5.56. The zero-order valence-corrected chi connectivity index (χ0v) is 70.5. The fourth-order valence-electron chi connectivity index (χ4n) is 5.56. The first-order chi connectivity index (χ1) is 47.4. The number of nitrogens with zero attached hydrogens (tertiary/aromatic N) is 16. The molecule has 0 aliphatic heterocycles. The van der Waals surface area contributed by atoms with Crippen LogP contribution < -0.4 is 0 Å². The summed E-state index contributed by atoms with van der Waals surface area (Å²) < 4.78 is 1.79. The summed E-state index contributed by atoms with van der Waals surface area (Å²) in [7, 11) is 1.91. The predicted octanol–water partition coefficient (Wildman–Crippen LogP) is 23.3. The lowest BCUT2D eigenvalue weighted by Crippen LogP contribution is -1.86. The molecule has 10 heterocycles. The molecule has 10 rings (SSSR count). The van der Waals surface area contributed by atoms with Crippen LogP contribution in [0.3, 0.4) is 0 Å². The van der Waals surface area contributed by atoms with Crippen LogP contribution in [0.15, 0.2) is 148 Å². The van der Waals surface area contributed by atoms with E-state index in [0.29, 0.717) is 0 Å². The second kappa shape index (κ2) is 85.3. The van der Waals surface area contributed by atoms with E-state index in [1.807, 2.05) is 369 Å². The average molecular weight is 1370 g/mol. The maximum absolute atomic E-state index is 4.17. The third-order valence-electron chi connectivity index (χ3n) is 9.54. The summed E-state index contributed by atoms with van der Waals surface area (Å²) in [5, 5.41) is 3.93. The van der Waals surface area contributed by atoms with Crippen molar-refractivity contribution in [2.24, 2.45) is 7.05 Å². The van der Waals surface area contributed by atoms with Gasteiger partial charge in [0.05, 0.1) is 29.0 Å². The summed E-state index contributed by atoms with van der Waals surface area (Å²) in [5.74, 6) is 2.50. The number of pyridine rings is 4. The molecule has 10 aromatic rings. The largest absolute Gasteiger partial charge is 0.276 e. The first-order valence-electron chi connectivity index (χ1n) is 35.7. The molecule has 10 aromatic heterocycles. The molecule has 0 saturated carbocycles. The molecule has 16 heteroatoms. The molecule has 0 aliphatic rings. The highest BCUT2D eigenvalue weighted by Crippen LogP contribution is 1.99. The van der Waals surface area contributed by atoms with Crippen molar-refractivity contribution in [2.45, 2.75) is 270 Å². The monoisotopic (exact) mass is 1370 g/mol. The van der Waals surface area contributed by atoms with E-state index in [9.17, 15) is 0 Å². The summed E-state index contributed by atoms with van der Waals surface area (Å²) in [6, 6.07) is 18.1. The van der Waals surface area contributed by atoms with Crippen LogP contribution in [0.2, 0.25) is 0 Å². The van der Waals surface area contributed by atoms with Crippen molar-refractivity contribution in [1.29, 1.82) is 0 Å². The van der Waals surface area contributed by atoms with Gasteiger partial charge in [0.1, 0.15) is 17.5 Å². The van der Waals surface area contributed by atoms with Crippen molar-refractivity contribution in [3.63, 3.8) is 0 Å². The highest BCUT2D eigenvalue weighted by atomic mass is 15.2. The molecule has 0 aromatic carbocycles. The van der Waals surface area contributed by atoms with Crippen LogP contribution in [-0.4, -0.2) is 79.6 Å². The predicted molar refractivity (Wildman–Crippen MR) is 434 cm³/mol. The van der Waals surface area contributed by atoms with Gasteiger partial charge in [-0.1, -0.05) is 157 Å². The van der Waals surface area contributed by atoms with Crippen LogP contribution >= 0.6 is 0 Å². The molecule has 0 saturated heterocycles. The zero-order chi connectivity index (χ0) is 79.1. The van der Waals surface area contributed by atoms with Crippen LogP contribution in [0.1, 0.15) is 246 Å². The molecule has 0 unspecified atom stereocenters. The zero-order valence-electron chi connectivity index (χ0n) is 70.5. The fraction of sp³-hybridized carbons (Fsp3) is 0.482. The number of aryl methyl sites for hydroxylation is 20. The molecule has 99 heavy (non-hydrogen) atoms. The Bertz CT molecular complexity index is 2530. The summed E-state index contributed by atoms with van der Waals surface area (Å²) in [6.07, 6.45) is 27.2. The highest BCUT2D eigenvalue weighted by molar-refractivity contribution is 5.15. The molecule has 0 bridgehead atoms. The van der Waals surface area contributed by atoms with E-state index in [1.54, 1.807) is 35.7 Å². The maximum atomic E-state index is 4.17. The van der Waals surface area contributed by atoms with E-state index in [4.69, 9.17) is 0 Å². The van der Waals surface area contributed by atoms with Crippen molar-refractivity contribution in [2.75, 3.05) is 0 Å². The van der Waals surface area contributed by atoms with Crippen LogP contribution in [0.5, 0.6) is 0 Å². The Kier molecular flexibility index (Phi) is 96.1. The molecule has 0 amide bonds. The third kappa shape index (κ3) is 83.4. The topological polar surface area (TPSA) is 198 Å². The Balaban J connectivity index is -0.000000108. The Morgan fingerprint density at radius 3 is 0.758 bits per heavy atom. The van der Waals surface area contributed by atoms with Crippen LogP contribution in [-0.2, 0) is 7.05 Å². The number of rotatable bonds is 0. The van der Waals surface area contributed by atoms with E-state index < -0.39 is 0 Å². The van der Waals surface area contributed by atoms with Gasteiger partial charge in [-0.3, -0.25) is 44.6 Å². The second-order valence-electron chi connectivity index (χ2n) is 18.6. The van der Waals surface area contributed by atoms with Crippen molar-refractivity contribution in [1.82, 2.24) is 79.6 Å². The molecule has 0 spiro atoms. The molecular formula is C83H144N16. The van der Waals surface area contributed by atoms with Gasteiger partial charge in [0.25, 0.3) is 0 Å². The van der Waals surface area contributed by atoms with Crippen LogP contribution in [0, 0.1) is 132 Å². The summed E-state index contributed by atoms with van der Waals surface area (Å²) in [4.78, 5) is 56.2. The minimum atomic E-state index is 0.829. The van der Waals surface area contributed by atoms with Crippen LogP contribution in [0.25, 0.3) is 0 Å². The first-order valence-corrected chi connectivity index (χ1v) is 35.7. The van der Waals surface area contributed by atoms with Gasteiger partial charge in [0.2, 0.25) is 0 Å². The van der Waals surface area contributed by atoms with Crippen molar-refractivity contribution in [3.05, 3.63) is 255 Å². The molecule has 0 atom stereocenters. The van der Waals surface area contributed by atoms with E-state index in [1.165, 1.54) is 27.8 Å². The lowest BCUT2D eigenvalue weighted by Gasteiger charge is -1.90. The standard InChI is InChI=1S/4C7H9N.5C6H8N2.C5H8N2.10C2H6/c1-6-3-7(2)5-8-4-6;1-6-3-4-8-7(2)5-6;1-6-3-4-7(2)8-5-6;1-6-4-3-5-7(2)8-6;2*1-5-3-8-6(2)4-7-5;2*1-5-3-7-6(2)8-4-5;1-5-3-4-7-6(2)8-5;1-5-3-6-7(2)4-5;10*1-2/h4*3-5H,1-2H3;5*3-4H,1-2H3;3-4H,1-2H3;10*1-2H3. The minimum absolute atomic E-state index is 0.829. The maximum Gasteiger partial charge on any atom is 0.125 e. The lowest BCUT2D eigenvalue weighted by molar-refractivity contribution is 0.767. The quantitative estimate of drug-likeness (QED) is 0.139. The van der Waals surface area contributed by atoms with Gasteiger partial charge in [-0.25, -0.2) is 29.9 Å². The van der Waals surface area contributed by atoms with Crippen molar-refractivity contribution < 1.29 is 0 Å². The molecule has 0 aliphatic carbocycles. The number of hydrogen-bond acceptors (Lipinski definition) is 15. The molecule has 0 N–H and O–H groups in total. The van der Waals surface area contributed by atoms with Gasteiger partial charge in [-0.15, -0.1) is 0 Å². The van der Waals surface area contributed by atoms with Crippen LogP contribution in [0.4, 0.5) is 0 Å². The Labute approximate surface area is 608 Å². The highest BCUT2D eigenvalue weighted by Gasteiger charge is 1.89. The van der Waals surface area contributed by atoms with E-state index in [0.717, 1.165) is 79.8 Å². The Morgan fingerprint density at radius 1 is 0.222 bits per heavy atom. The van der Waals surface area contributed by atoms with E-state index in [2.05, 4.69) is 100.0 Å². The van der Waals surface area contributed by atoms with E-state index >= 15 is 0 Å². The normalized spacial score (nSPS) is 8.00. The Morgan fingerprint density at radius 2 is 0.566 bits per heavy atom. The molecule has 556 valence electrons. The Hall–Kier alpha value is -8.79. The summed E-state index contributed by atoms with van der Waals surface area (Å²) in [5.41, 5.74) is 17.6. The van der Waals surface area contributed by atoms with E-state index in [-0.39, 0.29) is 0 Å². The second-order valence-corrected chi connectivity index (χ2v) is 18.6. The summed E-state index contributed by atoms with van der Waals surface area (Å²) in [6.45, 7) is 77.4. The third-order valence-corrected chi connectivity index (χ3v) is 9.54. The molecule has 0 radical (unpaired) electrons. The van der Waals surface area contributed by atoms with Gasteiger partial charge in [-0.2, -0.15) is 5.10 Å². The minimum Gasteiger partial charge on any atom is -0.276 e. The molecular weight excluding hydrogens is 1220 g/mol. The molecule has 0 fully saturated rings. The van der Waals surface area contributed by atoms with Gasteiger partial charge in [-0.05, 0) is 207 Å². The van der Waals surface area contributed by atoms with Gasteiger partial charge in [0, 0.05) is 122 Å². The lowest BCUT2D eigenvalue weighted by atomic mass is 10.2. The number of aromatic nitrogens is 16. The van der Waals surface area contributed by atoms with Crippen molar-refractivity contribution >= 4 is 0 Å². The first kappa shape index (κ1) is 112. The smallest absolute Gasteiger partial charge is 0.125 e.